The first-order valence-electron chi connectivity index (χ1n) is 30.6. The Bertz CT molecular complexity index is 3740. The van der Waals surface area contributed by atoms with Gasteiger partial charge in [-0.05, 0) is 103 Å². The Hall–Kier alpha value is -10.1. The molecule has 4 aromatic carbocycles. The number of hydrazine groups is 1. The first-order valence-corrected chi connectivity index (χ1v) is 30.6. The fourth-order valence-electron chi connectivity index (χ4n) is 12.3. The summed E-state index contributed by atoms with van der Waals surface area (Å²) in [6, 6.07) is 14.5. The number of imidazole rings is 1. The number of aromatic hydroxyl groups is 1. The molecule has 17 N–H and O–H groups in total. The number of aliphatic hydroxyl groups excluding tert-OH is 1. The summed E-state index contributed by atoms with van der Waals surface area (Å²) in [5.74, 6) is -7.87. The molecular formula is C64H78N16O12. The number of primary amides is 1. The molecule has 3 aliphatic heterocycles. The van der Waals surface area contributed by atoms with Crippen molar-refractivity contribution in [1.82, 2.24) is 62.2 Å². The normalized spacial score (nSPS) is 19.7. The fraction of sp³-hybridized carbons (Fsp3) is 0.406. The molecule has 486 valence electrons. The van der Waals surface area contributed by atoms with Gasteiger partial charge in [0.2, 0.25) is 47.3 Å². The molecule has 92 heavy (non-hydrogen) atoms. The Morgan fingerprint density at radius 1 is 0.772 bits per heavy atom. The highest BCUT2D eigenvalue weighted by Gasteiger charge is 2.67. The second-order valence-corrected chi connectivity index (χ2v) is 23.8. The second-order valence-electron chi connectivity index (χ2n) is 23.8. The van der Waals surface area contributed by atoms with E-state index in [1.807, 2.05) is 32.0 Å². The molecule has 0 bridgehead atoms. The lowest BCUT2D eigenvalue weighted by Crippen LogP contribution is -2.82. The fourth-order valence-corrected chi connectivity index (χ4v) is 12.3. The molecule has 0 spiro atoms. The molecule has 0 radical (unpaired) electrons. The number of carbonyl (C=O) groups is 10. The number of nitrogens with one attached hydrogen (secondary N) is 9. The number of guanidine groups is 1. The summed E-state index contributed by atoms with van der Waals surface area (Å²) >= 11 is 0. The van der Waals surface area contributed by atoms with Gasteiger partial charge in [-0.2, -0.15) is 0 Å². The van der Waals surface area contributed by atoms with Crippen molar-refractivity contribution in [1.29, 1.82) is 0 Å². The van der Waals surface area contributed by atoms with E-state index < -0.39 is 120 Å². The van der Waals surface area contributed by atoms with Gasteiger partial charge in [-0.15, -0.1) is 0 Å². The van der Waals surface area contributed by atoms with Gasteiger partial charge >= 0.3 is 0 Å². The molecule has 3 saturated heterocycles. The summed E-state index contributed by atoms with van der Waals surface area (Å²) in [4.78, 5) is 159. The smallest absolute Gasteiger partial charge is 0.245 e. The van der Waals surface area contributed by atoms with Crippen LogP contribution in [0.3, 0.4) is 0 Å². The number of amides is 8. The van der Waals surface area contributed by atoms with Crippen LogP contribution in [-0.2, 0) is 72.7 Å². The van der Waals surface area contributed by atoms with Crippen molar-refractivity contribution >= 4 is 86.5 Å². The maximum atomic E-state index is 16.6. The maximum Gasteiger partial charge on any atom is 0.245 e. The minimum atomic E-state index is -2.36. The lowest BCUT2D eigenvalue weighted by atomic mass is 9.66. The number of nitrogens with two attached hydrogens (primary N) is 3. The zero-order chi connectivity index (χ0) is 65.8. The van der Waals surface area contributed by atoms with Crippen molar-refractivity contribution < 1.29 is 58.2 Å². The van der Waals surface area contributed by atoms with E-state index in [1.165, 1.54) is 46.7 Å². The number of H-pyrrole nitrogens is 2. The molecule has 8 amide bonds. The largest absolute Gasteiger partial charge is 0.508 e. The first kappa shape index (κ1) is 66.4. The summed E-state index contributed by atoms with van der Waals surface area (Å²) in [6.07, 6.45) is 5.12. The number of likely N-dealkylation sites (tertiary alicyclic amines) is 1. The minimum Gasteiger partial charge on any atom is -0.508 e. The van der Waals surface area contributed by atoms with E-state index in [4.69, 9.17) is 17.2 Å². The van der Waals surface area contributed by atoms with E-state index in [9.17, 15) is 39.0 Å². The highest BCUT2D eigenvalue weighted by atomic mass is 16.3. The highest BCUT2D eigenvalue weighted by Crippen LogP contribution is 2.46. The standard InChI is InChI=1S/C64H78N16O12/c1-35(2)25-52-56(86)64(40-18-17-37-9-3-4-10-38(37)27-40,80(52)78-46(13-7-23-69-63(66)67)62(92)79-24-8-14-51(79)61(91)71-32-53(65)83)55(85)47(26-36-15-19-42(82)20-16-36)74-60(90)50(33-81)77-58(88)48(28-39-30-70-44-12-6-5-11-43(39)44)75-59(89)49(29-41-31-68-34-72-41)76-57(87)45-21-22-54(84)73-45/h3-6,9-12,15-20,27,30-31,34-35,45-52,70,78,81-82H,7-8,13-14,21-26,28-29,32-33H2,1-2H3,(H2,65,83)(H,68,72)(H,71,91)(H,73,84)(H,74,90)(H,75,89)(H,76,87)(H,77,88)(H4,66,67,69)/t45?,46-,47-,48-,49-,50-,51-,52-,64?/m0/s1. The maximum absolute atomic E-state index is 16.6. The summed E-state index contributed by atoms with van der Waals surface area (Å²) in [5, 5.41) is 41.0. The van der Waals surface area contributed by atoms with Gasteiger partial charge in [0.1, 0.15) is 42.0 Å². The van der Waals surface area contributed by atoms with Crippen molar-refractivity contribution in [3.8, 4) is 5.75 Å². The minimum absolute atomic E-state index is 0.00419. The third-order valence-corrected chi connectivity index (χ3v) is 16.8. The quantitative estimate of drug-likeness (QED) is 0.0114. The SMILES string of the molecule is CC(C)C[C@H]1C(=O)C(C(=O)[C@H](Cc2ccc(O)cc2)NC(=O)[C@H](CO)NC(=O)[C@H](Cc2c[nH]c3ccccc23)NC(=O)[C@H](Cc2cnc[nH]2)NC(=O)C2CCC(=O)N2)(c2ccc3ccccc3c2)N1N[C@@H](CCCN=C(N)N)C(=O)N1CCC[C@H]1C(=O)NCC(N)=O. The van der Waals surface area contributed by atoms with Crippen molar-refractivity contribution in [2.45, 2.75) is 132 Å². The average molecular weight is 1260 g/mol. The van der Waals surface area contributed by atoms with Crippen molar-refractivity contribution in [3.63, 3.8) is 0 Å². The zero-order valence-corrected chi connectivity index (χ0v) is 51.0. The number of hydrogen-bond acceptors (Lipinski definition) is 16. The van der Waals surface area contributed by atoms with Crippen LogP contribution >= 0.6 is 0 Å². The van der Waals surface area contributed by atoms with E-state index in [-0.39, 0.29) is 100.0 Å². The predicted molar refractivity (Wildman–Crippen MR) is 337 cm³/mol. The number of phenolic OH excluding ortho intramolecular Hbond substituents is 1. The van der Waals surface area contributed by atoms with Gasteiger partial charge in [0, 0.05) is 61.3 Å². The number of ketones is 2. The van der Waals surface area contributed by atoms with Gasteiger partial charge in [0.25, 0.3) is 0 Å². The molecule has 5 heterocycles. The predicted octanol–water partition coefficient (Wildman–Crippen LogP) is -0.729. The lowest BCUT2D eigenvalue weighted by molar-refractivity contribution is -0.183. The van der Waals surface area contributed by atoms with Gasteiger partial charge in [0.15, 0.2) is 23.1 Å². The van der Waals surface area contributed by atoms with Crippen molar-refractivity contribution in [2.75, 3.05) is 26.2 Å². The van der Waals surface area contributed by atoms with E-state index in [0.29, 0.717) is 39.5 Å². The van der Waals surface area contributed by atoms with Crippen molar-refractivity contribution in [2.24, 2.45) is 28.1 Å². The van der Waals surface area contributed by atoms with Crippen LogP contribution < -0.4 is 54.5 Å². The van der Waals surface area contributed by atoms with Crippen LogP contribution in [0.1, 0.15) is 81.2 Å². The summed E-state index contributed by atoms with van der Waals surface area (Å²) < 4.78 is 0. The van der Waals surface area contributed by atoms with Crippen LogP contribution in [-0.4, -0.2) is 174 Å². The van der Waals surface area contributed by atoms with E-state index in [0.717, 1.165) is 5.39 Å². The number of Topliss-reactive ketones (excluding diaryl/α,β-unsaturated/α-hetero) is 2. The lowest BCUT2D eigenvalue weighted by Gasteiger charge is -2.57. The molecule has 28 nitrogen and oxygen atoms in total. The van der Waals surface area contributed by atoms with Gasteiger partial charge in [-0.25, -0.2) is 15.4 Å². The van der Waals surface area contributed by atoms with Crippen LogP contribution in [0.25, 0.3) is 21.7 Å². The first-order chi connectivity index (χ1) is 44.1. The summed E-state index contributed by atoms with van der Waals surface area (Å²) in [7, 11) is 0. The number of aliphatic hydroxyl groups is 1. The number of benzene rings is 4. The molecule has 0 aliphatic carbocycles. The number of carbonyl (C=O) groups excluding carboxylic acids is 10. The number of fused-ring (bicyclic) bond motifs is 2. The molecule has 3 fully saturated rings. The number of aromatic nitrogens is 3. The molecule has 6 aromatic rings. The number of phenols is 1. The monoisotopic (exact) mass is 1260 g/mol. The summed E-state index contributed by atoms with van der Waals surface area (Å²) in [6.45, 7) is 2.42. The van der Waals surface area contributed by atoms with Gasteiger partial charge < -0.3 is 74.2 Å². The Balaban J connectivity index is 1.08. The van der Waals surface area contributed by atoms with Gasteiger partial charge in [-0.1, -0.05) is 80.6 Å². The Kier molecular flexibility index (Phi) is 21.4. The molecule has 9 rings (SSSR count). The van der Waals surface area contributed by atoms with Crippen LogP contribution in [0.15, 0.2) is 115 Å². The molecule has 3 aliphatic rings. The number of aromatic amines is 2. The molecule has 28 heteroatoms. The van der Waals surface area contributed by atoms with Crippen LogP contribution in [0.4, 0.5) is 0 Å². The van der Waals surface area contributed by atoms with Crippen LogP contribution in [0.5, 0.6) is 5.75 Å². The zero-order valence-electron chi connectivity index (χ0n) is 51.0. The number of nitrogens with zero attached hydrogens (tertiary/aromatic N) is 4. The Labute approximate surface area is 529 Å². The third kappa shape index (κ3) is 15.4. The molecule has 2 unspecified atom stereocenters. The average Bonchev–Trinajstić information content (AvgIpc) is 0.886. The van der Waals surface area contributed by atoms with Crippen LogP contribution in [0, 0.1) is 5.92 Å². The Morgan fingerprint density at radius 2 is 1.47 bits per heavy atom. The van der Waals surface area contributed by atoms with E-state index >= 15 is 19.2 Å². The van der Waals surface area contributed by atoms with Crippen molar-refractivity contribution in [3.05, 3.63) is 132 Å². The van der Waals surface area contributed by atoms with Crippen LogP contribution in [0.2, 0.25) is 0 Å². The Morgan fingerprint density at radius 3 is 2.15 bits per heavy atom. The third-order valence-electron chi connectivity index (χ3n) is 16.8. The molecule has 9 atom stereocenters. The number of aliphatic imine (C=N–C) groups is 1. The van der Waals surface area contributed by atoms with Gasteiger partial charge in [-0.3, -0.25) is 52.9 Å². The van der Waals surface area contributed by atoms with Gasteiger partial charge in [0.05, 0.1) is 31.6 Å². The highest BCUT2D eigenvalue weighted by molar-refractivity contribution is 6.20. The summed E-state index contributed by atoms with van der Waals surface area (Å²) in [5.41, 5.74) is 20.0. The van der Waals surface area contributed by atoms with E-state index in [1.54, 1.807) is 54.7 Å². The van der Waals surface area contributed by atoms with E-state index in [2.05, 4.69) is 57.3 Å². The number of para-hydroxylation sites is 1. The molecule has 2 aromatic heterocycles. The second kappa shape index (κ2) is 29.7. The topological polar surface area (TPSA) is 437 Å². The number of hydrogen-bond donors (Lipinski definition) is 14. The molecule has 0 saturated carbocycles. The molecular weight excluding hydrogens is 1180 g/mol. The number of rotatable bonds is 30.